The van der Waals surface area contributed by atoms with Gasteiger partial charge in [0.25, 0.3) is 0 Å². The Morgan fingerprint density at radius 2 is 1.65 bits per heavy atom. The summed E-state index contributed by atoms with van der Waals surface area (Å²) in [6.45, 7) is 0.749. The summed E-state index contributed by atoms with van der Waals surface area (Å²) in [4.78, 5) is 16.3. The number of benzene rings is 1. The van der Waals surface area contributed by atoms with E-state index in [9.17, 15) is 4.79 Å². The van der Waals surface area contributed by atoms with Crippen LogP contribution in [-0.2, 0) is 11.3 Å². The van der Waals surface area contributed by atoms with Crippen LogP contribution in [0.3, 0.4) is 0 Å². The Hall–Kier alpha value is -1.66. The van der Waals surface area contributed by atoms with E-state index < -0.39 is 0 Å². The van der Waals surface area contributed by atoms with E-state index in [1.807, 2.05) is 35.3 Å². The van der Waals surface area contributed by atoms with Gasteiger partial charge in [0.2, 0.25) is 5.91 Å². The molecule has 0 atom stereocenters. The third-order valence-electron chi connectivity index (χ3n) is 4.69. The molecular formula is C19H24Cl2N4O-2. The molecule has 0 saturated heterocycles. The number of halogens is 2. The number of hydrazine groups is 1. The largest absolute Gasteiger partial charge is 1.00 e. The number of rotatable bonds is 5. The van der Waals surface area contributed by atoms with Crippen LogP contribution < -0.4 is 36.0 Å². The molecule has 0 aliphatic heterocycles. The summed E-state index contributed by atoms with van der Waals surface area (Å²) in [7, 11) is 0. The van der Waals surface area contributed by atoms with E-state index in [1.165, 1.54) is 5.56 Å². The molecule has 1 amide bonds. The quantitative estimate of drug-likeness (QED) is 0.417. The molecule has 1 saturated carbocycles. The molecule has 1 aliphatic rings. The molecule has 142 valence electrons. The predicted molar refractivity (Wildman–Crippen MR) is 94.8 cm³/mol. The fourth-order valence-electron chi connectivity index (χ4n) is 3.27. The summed E-state index contributed by atoms with van der Waals surface area (Å²) in [5.41, 5.74) is 2.03. The molecule has 7 heteroatoms. The summed E-state index contributed by atoms with van der Waals surface area (Å²) in [5, 5.41) is 4.89. The second-order valence-corrected chi connectivity index (χ2v) is 6.39. The van der Waals surface area contributed by atoms with E-state index in [1.54, 1.807) is 12.4 Å². The zero-order valence-corrected chi connectivity index (χ0v) is 16.0. The number of nitrogens with zero attached hydrogens (tertiary/aromatic N) is 2. The summed E-state index contributed by atoms with van der Waals surface area (Å²) in [6.07, 6.45) is 7.04. The van der Waals surface area contributed by atoms with Gasteiger partial charge >= 0.3 is 0 Å². The van der Waals surface area contributed by atoms with E-state index >= 15 is 0 Å². The zero-order valence-electron chi connectivity index (χ0n) is 14.5. The lowest BCUT2D eigenvalue weighted by Gasteiger charge is -2.33. The van der Waals surface area contributed by atoms with Crippen molar-refractivity contribution in [2.75, 3.05) is 5.32 Å². The lowest BCUT2D eigenvalue weighted by Crippen LogP contribution is -3.00. The Morgan fingerprint density at radius 3 is 2.27 bits per heavy atom. The van der Waals surface area contributed by atoms with Crippen LogP contribution in [0.4, 0.5) is 5.69 Å². The number of amides is 1. The summed E-state index contributed by atoms with van der Waals surface area (Å²) < 4.78 is 0. The van der Waals surface area contributed by atoms with Crippen molar-refractivity contribution in [3.8, 4) is 0 Å². The topological polar surface area (TPSA) is 71.2 Å². The van der Waals surface area contributed by atoms with E-state index in [4.69, 9.17) is 5.84 Å². The number of carbonyl (C=O) groups excluding carboxylic acids is 1. The minimum absolute atomic E-state index is 0. The summed E-state index contributed by atoms with van der Waals surface area (Å²) in [6, 6.07) is 14.2. The van der Waals surface area contributed by atoms with Gasteiger partial charge in [-0.25, -0.2) is 5.01 Å². The molecular weight excluding hydrogens is 371 g/mol. The van der Waals surface area contributed by atoms with Crippen LogP contribution in [0, 0.1) is 5.92 Å². The highest BCUT2D eigenvalue weighted by molar-refractivity contribution is 5.92. The smallest absolute Gasteiger partial charge is 0.227 e. The molecule has 1 heterocycles. The first-order valence-corrected chi connectivity index (χ1v) is 8.48. The second-order valence-electron chi connectivity index (χ2n) is 6.39. The Kier molecular flexibility index (Phi) is 9.59. The van der Waals surface area contributed by atoms with Gasteiger partial charge in [-0.3, -0.25) is 15.6 Å². The molecule has 1 fully saturated rings. The van der Waals surface area contributed by atoms with Gasteiger partial charge in [0, 0.05) is 36.6 Å². The van der Waals surface area contributed by atoms with Crippen molar-refractivity contribution in [1.29, 1.82) is 0 Å². The van der Waals surface area contributed by atoms with Crippen molar-refractivity contribution < 1.29 is 29.6 Å². The Labute approximate surface area is 167 Å². The minimum Gasteiger partial charge on any atom is -1.00 e. The first-order chi connectivity index (χ1) is 11.7. The van der Waals surface area contributed by atoms with Gasteiger partial charge in [-0.1, -0.05) is 30.3 Å². The van der Waals surface area contributed by atoms with Crippen LogP contribution in [0.5, 0.6) is 0 Å². The summed E-state index contributed by atoms with van der Waals surface area (Å²) >= 11 is 0. The Balaban J connectivity index is 0.00000169. The van der Waals surface area contributed by atoms with Gasteiger partial charge in [-0.05, 0) is 43.4 Å². The van der Waals surface area contributed by atoms with Crippen LogP contribution in [-0.4, -0.2) is 21.9 Å². The van der Waals surface area contributed by atoms with E-state index in [2.05, 4.69) is 22.4 Å². The number of anilines is 1. The zero-order chi connectivity index (χ0) is 16.8. The maximum absolute atomic E-state index is 12.4. The van der Waals surface area contributed by atoms with Gasteiger partial charge in [0.1, 0.15) is 0 Å². The third-order valence-corrected chi connectivity index (χ3v) is 4.69. The molecule has 1 aliphatic carbocycles. The number of nitrogens with one attached hydrogen (secondary N) is 1. The van der Waals surface area contributed by atoms with Crippen LogP contribution in [0.2, 0.25) is 0 Å². The highest BCUT2D eigenvalue weighted by Gasteiger charge is 2.28. The van der Waals surface area contributed by atoms with Crippen molar-refractivity contribution in [2.45, 2.75) is 38.3 Å². The first-order valence-electron chi connectivity index (χ1n) is 8.48. The standard InChI is InChI=1S/C19H24N4O.2ClH/c20-23(14-15-4-2-1-3-5-15)18-8-6-16(7-9-18)19(24)22-17-10-12-21-13-11-17;;/h1-5,10-13,16,18H,6-9,14,20H2,(H,21,22,24);2*1H/p-2. The number of hydrogen-bond donors (Lipinski definition) is 2. The van der Waals surface area contributed by atoms with Gasteiger partial charge in [-0.2, -0.15) is 0 Å². The summed E-state index contributed by atoms with van der Waals surface area (Å²) in [5.74, 6) is 6.42. The first kappa shape index (κ1) is 22.4. The van der Waals surface area contributed by atoms with Gasteiger partial charge in [0.05, 0.1) is 0 Å². The van der Waals surface area contributed by atoms with Crippen LogP contribution in [0.1, 0.15) is 31.2 Å². The van der Waals surface area contributed by atoms with Gasteiger partial charge in [-0.15, -0.1) is 0 Å². The fraction of sp³-hybridized carbons (Fsp3) is 0.368. The molecule has 0 spiro atoms. The minimum atomic E-state index is 0. The van der Waals surface area contributed by atoms with Crippen LogP contribution >= 0.6 is 0 Å². The predicted octanol–water partition coefficient (Wildman–Crippen LogP) is -3.04. The third kappa shape index (κ3) is 6.25. The highest BCUT2D eigenvalue weighted by Crippen LogP contribution is 2.28. The van der Waals surface area contributed by atoms with E-state index in [0.717, 1.165) is 37.9 Å². The van der Waals surface area contributed by atoms with Crippen molar-refractivity contribution in [1.82, 2.24) is 9.99 Å². The van der Waals surface area contributed by atoms with Crippen LogP contribution in [0.25, 0.3) is 0 Å². The van der Waals surface area contributed by atoms with Crippen molar-refractivity contribution in [2.24, 2.45) is 11.8 Å². The SMILES string of the molecule is NN(Cc1ccccc1)C1CCC(C(=O)Nc2ccncc2)CC1.[Cl-].[Cl-]. The van der Waals surface area contributed by atoms with E-state index in [-0.39, 0.29) is 36.6 Å². The number of hydrogen-bond acceptors (Lipinski definition) is 4. The normalized spacial score (nSPS) is 19.2. The average molecular weight is 395 g/mol. The molecule has 5 nitrogen and oxygen atoms in total. The molecule has 3 N–H and O–H groups in total. The number of carbonyl (C=O) groups is 1. The van der Waals surface area contributed by atoms with E-state index in [0.29, 0.717) is 6.04 Å². The molecule has 0 unspecified atom stereocenters. The molecule has 0 radical (unpaired) electrons. The maximum atomic E-state index is 12.4. The maximum Gasteiger partial charge on any atom is 0.227 e. The van der Waals surface area contributed by atoms with Crippen molar-refractivity contribution in [3.63, 3.8) is 0 Å². The molecule has 3 rings (SSSR count). The van der Waals surface area contributed by atoms with Crippen molar-refractivity contribution >= 4 is 11.6 Å². The molecule has 0 bridgehead atoms. The van der Waals surface area contributed by atoms with Gasteiger partial charge in [0.15, 0.2) is 0 Å². The van der Waals surface area contributed by atoms with Crippen molar-refractivity contribution in [3.05, 3.63) is 60.4 Å². The number of aromatic nitrogens is 1. The Morgan fingerprint density at radius 1 is 1.04 bits per heavy atom. The second kappa shape index (κ2) is 11.1. The monoisotopic (exact) mass is 394 g/mol. The molecule has 2 aromatic rings. The highest BCUT2D eigenvalue weighted by atomic mass is 35.5. The van der Waals surface area contributed by atoms with Gasteiger partial charge < -0.3 is 30.1 Å². The van der Waals surface area contributed by atoms with Crippen LogP contribution in [0.15, 0.2) is 54.9 Å². The average Bonchev–Trinajstić information content (AvgIpc) is 2.63. The molecule has 1 aromatic heterocycles. The Bertz CT molecular complexity index is 649. The fourth-order valence-corrected chi connectivity index (χ4v) is 3.27. The number of nitrogens with two attached hydrogens (primary N) is 1. The lowest BCUT2D eigenvalue weighted by atomic mass is 9.85. The molecule has 26 heavy (non-hydrogen) atoms. The molecule has 1 aromatic carbocycles. The lowest BCUT2D eigenvalue weighted by molar-refractivity contribution is -0.121. The number of pyridine rings is 1.